The third-order valence-corrected chi connectivity index (χ3v) is 11.0. The van der Waals surface area contributed by atoms with Crippen LogP contribution in [0.15, 0.2) is 181 Å². The van der Waals surface area contributed by atoms with Crippen molar-refractivity contribution in [3.8, 4) is 11.1 Å². The molecule has 10 rings (SSSR count). The van der Waals surface area contributed by atoms with E-state index in [-0.39, 0.29) is 0 Å². The van der Waals surface area contributed by atoms with Gasteiger partial charge < -0.3 is 4.90 Å². The third kappa shape index (κ3) is 4.08. The van der Waals surface area contributed by atoms with Crippen molar-refractivity contribution in [2.24, 2.45) is 0 Å². The second-order valence-electron chi connectivity index (χ2n) is 13.5. The van der Waals surface area contributed by atoms with Gasteiger partial charge in [0.1, 0.15) is 5.84 Å². The number of rotatable bonds is 4. The molecule has 4 aliphatic rings. The van der Waals surface area contributed by atoms with Gasteiger partial charge in [-0.1, -0.05) is 140 Å². The van der Waals surface area contributed by atoms with Gasteiger partial charge in [0.25, 0.3) is 0 Å². The van der Waals surface area contributed by atoms with Crippen LogP contribution in [-0.4, -0.2) is 11.5 Å². The molecule has 0 saturated carbocycles. The zero-order valence-electron chi connectivity index (χ0n) is 28.0. The summed E-state index contributed by atoms with van der Waals surface area (Å²) in [4.78, 5) is 4.33. The van der Waals surface area contributed by atoms with Crippen molar-refractivity contribution in [3.05, 3.63) is 215 Å². The summed E-state index contributed by atoms with van der Waals surface area (Å²) in [5, 5.41) is 19.5. The van der Waals surface area contributed by atoms with Crippen molar-refractivity contribution < 1.29 is 0 Å². The lowest BCUT2D eigenvalue weighted by atomic mass is 9.67. The van der Waals surface area contributed by atoms with Gasteiger partial charge in [-0.15, -0.1) is 0 Å². The average Bonchev–Trinajstić information content (AvgIpc) is 3.77. The summed E-state index contributed by atoms with van der Waals surface area (Å²) in [5.41, 5.74) is 14.6. The summed E-state index contributed by atoms with van der Waals surface area (Å²) in [6.07, 6.45) is 8.20. The molecular weight excluding hydrogens is 621 g/mol. The Bertz CT molecular complexity index is 2480. The molecule has 0 saturated heterocycles. The van der Waals surface area contributed by atoms with Crippen LogP contribution >= 0.6 is 0 Å². The van der Waals surface area contributed by atoms with Gasteiger partial charge in [-0.2, -0.15) is 0 Å². The number of anilines is 3. The summed E-state index contributed by atoms with van der Waals surface area (Å²) in [6, 6.07) is 53.9. The number of allylic oxidation sites excluding steroid dienone is 5. The molecule has 6 aromatic carbocycles. The maximum atomic E-state index is 9.78. The van der Waals surface area contributed by atoms with Gasteiger partial charge in [0, 0.05) is 22.5 Å². The Hall–Kier alpha value is -6.52. The molecule has 0 aromatic heterocycles. The second-order valence-corrected chi connectivity index (χ2v) is 13.5. The Morgan fingerprint density at radius 3 is 1.80 bits per heavy atom. The van der Waals surface area contributed by atoms with Crippen molar-refractivity contribution in [1.29, 1.82) is 10.8 Å². The van der Waals surface area contributed by atoms with E-state index < -0.39 is 5.41 Å². The van der Waals surface area contributed by atoms with Crippen LogP contribution in [0.3, 0.4) is 0 Å². The Labute approximate surface area is 298 Å². The van der Waals surface area contributed by atoms with Crippen LogP contribution in [0.25, 0.3) is 16.7 Å². The summed E-state index contributed by atoms with van der Waals surface area (Å²) >= 11 is 0. The summed E-state index contributed by atoms with van der Waals surface area (Å²) in [7, 11) is 0. The minimum Gasteiger partial charge on any atom is -0.307 e. The van der Waals surface area contributed by atoms with Crippen LogP contribution in [0, 0.1) is 10.8 Å². The number of hydrogen-bond donors (Lipinski definition) is 2. The number of nitrogens with zero attached hydrogens (tertiary/aromatic N) is 2. The monoisotopic (exact) mass is 654 g/mol. The quantitative estimate of drug-likeness (QED) is 0.198. The Morgan fingerprint density at radius 1 is 0.529 bits per heavy atom. The van der Waals surface area contributed by atoms with Crippen molar-refractivity contribution in [2.75, 3.05) is 9.80 Å². The molecule has 51 heavy (non-hydrogen) atoms. The number of hydrogen-bond acceptors (Lipinski definition) is 3. The number of amidine groups is 1. The zero-order chi connectivity index (χ0) is 34.1. The van der Waals surface area contributed by atoms with E-state index in [1.54, 1.807) is 0 Å². The van der Waals surface area contributed by atoms with Crippen molar-refractivity contribution in [3.63, 3.8) is 0 Å². The first-order valence-electron chi connectivity index (χ1n) is 17.6. The molecular formula is C47H34N4. The summed E-state index contributed by atoms with van der Waals surface area (Å²) < 4.78 is 0. The SMILES string of the molecule is N=C1/C(=C2\C(=N)N(C3=CC=CCC3)c3ccccc32)N(c2ccc3c(c2)C(c2ccccc2)(c2ccccc2)c2ccccc2-3)c2ccccc21. The highest BCUT2D eigenvalue weighted by Gasteiger charge is 2.47. The summed E-state index contributed by atoms with van der Waals surface area (Å²) in [6.45, 7) is 0. The lowest BCUT2D eigenvalue weighted by molar-refractivity contribution is 0.768. The largest absolute Gasteiger partial charge is 0.307 e. The summed E-state index contributed by atoms with van der Waals surface area (Å²) in [5.74, 6) is 0.409. The smallest absolute Gasteiger partial charge is 0.139 e. The van der Waals surface area contributed by atoms with E-state index >= 15 is 0 Å². The van der Waals surface area contributed by atoms with Crippen LogP contribution in [0.2, 0.25) is 0 Å². The Balaban J connectivity index is 1.25. The molecule has 4 nitrogen and oxygen atoms in total. The van der Waals surface area contributed by atoms with Crippen LogP contribution < -0.4 is 9.80 Å². The average molecular weight is 655 g/mol. The molecule has 4 heteroatoms. The van der Waals surface area contributed by atoms with Crippen LogP contribution in [0.5, 0.6) is 0 Å². The molecule has 2 aliphatic carbocycles. The third-order valence-electron chi connectivity index (χ3n) is 11.0. The van der Waals surface area contributed by atoms with Gasteiger partial charge in [-0.05, 0) is 76.6 Å². The number of nitrogens with one attached hydrogen (secondary N) is 2. The highest BCUT2D eigenvalue weighted by Crippen LogP contribution is 2.58. The highest BCUT2D eigenvalue weighted by molar-refractivity contribution is 6.42. The van der Waals surface area contributed by atoms with E-state index in [1.165, 1.54) is 33.4 Å². The molecule has 2 heterocycles. The predicted octanol–water partition coefficient (Wildman–Crippen LogP) is 11.0. The lowest BCUT2D eigenvalue weighted by Crippen LogP contribution is -2.29. The van der Waals surface area contributed by atoms with E-state index in [0.717, 1.165) is 58.0 Å². The molecule has 0 bridgehead atoms. The molecule has 0 unspecified atom stereocenters. The molecule has 2 N–H and O–H groups in total. The van der Waals surface area contributed by atoms with Gasteiger partial charge in [-0.3, -0.25) is 15.7 Å². The molecule has 0 radical (unpaired) electrons. The number of benzene rings is 6. The van der Waals surface area contributed by atoms with Crippen molar-refractivity contribution in [1.82, 2.24) is 0 Å². The molecule has 242 valence electrons. The fourth-order valence-electron chi connectivity index (χ4n) is 8.87. The van der Waals surface area contributed by atoms with Crippen molar-refractivity contribution >= 4 is 34.2 Å². The van der Waals surface area contributed by atoms with E-state index in [9.17, 15) is 10.8 Å². The maximum Gasteiger partial charge on any atom is 0.139 e. The standard InChI is InChI=1S/C47H34N4/c48-44-38-24-12-15-27-42(38)50(45(44)43-37-23-11-14-26-41(37)51(46(43)49)33-20-8-3-9-21-33)34-28-29-36-35-22-10-13-25-39(35)47(40(36)30-34,31-16-4-1-5-17-31)32-18-6-2-7-19-32/h1-8,10-20,22-30,48-49H,9,21H2/b45-43+,48-44?,49-46?. The van der Waals surface area contributed by atoms with Crippen LogP contribution in [0.1, 0.15) is 46.2 Å². The highest BCUT2D eigenvalue weighted by atomic mass is 15.2. The van der Waals surface area contributed by atoms with Gasteiger partial charge in [0.2, 0.25) is 0 Å². The van der Waals surface area contributed by atoms with Crippen LogP contribution in [0.4, 0.5) is 17.1 Å². The Kier molecular flexibility index (Phi) is 6.49. The van der Waals surface area contributed by atoms with E-state index in [2.05, 4.69) is 149 Å². The molecule has 0 atom stereocenters. The van der Waals surface area contributed by atoms with E-state index in [1.807, 2.05) is 30.3 Å². The maximum absolute atomic E-state index is 9.78. The second kappa shape index (κ2) is 11.3. The van der Waals surface area contributed by atoms with Gasteiger partial charge in [0.05, 0.1) is 33.8 Å². The molecule has 0 spiro atoms. The minimum absolute atomic E-state index is 0.409. The zero-order valence-corrected chi connectivity index (χ0v) is 28.0. The fraction of sp³-hybridized carbons (Fsp3) is 0.0638. The normalized spacial score (nSPS) is 18.0. The first-order chi connectivity index (χ1) is 25.2. The van der Waals surface area contributed by atoms with Crippen LogP contribution in [-0.2, 0) is 5.41 Å². The van der Waals surface area contributed by atoms with Crippen molar-refractivity contribution in [2.45, 2.75) is 18.3 Å². The topological polar surface area (TPSA) is 54.2 Å². The first-order valence-corrected chi connectivity index (χ1v) is 17.6. The minimum atomic E-state index is -0.547. The van der Waals surface area contributed by atoms with Gasteiger partial charge in [-0.25, -0.2) is 0 Å². The van der Waals surface area contributed by atoms with E-state index in [0.29, 0.717) is 11.5 Å². The lowest BCUT2D eigenvalue weighted by Gasteiger charge is -2.34. The van der Waals surface area contributed by atoms with Gasteiger partial charge in [0.15, 0.2) is 0 Å². The van der Waals surface area contributed by atoms with E-state index in [4.69, 9.17) is 0 Å². The molecule has 0 amide bonds. The first kappa shape index (κ1) is 29.4. The number of para-hydroxylation sites is 2. The molecule has 6 aromatic rings. The fourth-order valence-corrected chi connectivity index (χ4v) is 8.87. The Morgan fingerprint density at radius 2 is 1.12 bits per heavy atom. The predicted molar refractivity (Wildman–Crippen MR) is 209 cm³/mol. The molecule has 2 aliphatic heterocycles. The van der Waals surface area contributed by atoms with Gasteiger partial charge >= 0.3 is 0 Å². The molecule has 0 fully saturated rings. The number of fused-ring (bicyclic) bond motifs is 5.